The highest BCUT2D eigenvalue weighted by Gasteiger charge is 2.37. The van der Waals surface area contributed by atoms with E-state index in [-0.39, 0.29) is 5.91 Å². The van der Waals surface area contributed by atoms with Crippen LogP contribution in [0.3, 0.4) is 0 Å². The quantitative estimate of drug-likeness (QED) is 0.794. The third-order valence-corrected chi connectivity index (χ3v) is 4.49. The minimum atomic E-state index is 0.191. The zero-order valence-electron chi connectivity index (χ0n) is 12.7. The largest absolute Gasteiger partial charge is 0.333 e. The molecule has 3 nitrogen and oxygen atoms in total. The summed E-state index contributed by atoms with van der Waals surface area (Å²) in [6.45, 7) is 2.20. The molecule has 3 rings (SSSR count). The topological polar surface area (TPSA) is 23.6 Å². The fourth-order valence-electron chi connectivity index (χ4n) is 3.10. The summed E-state index contributed by atoms with van der Waals surface area (Å²) >= 11 is 0. The molecule has 0 N–H and O–H groups in total. The van der Waals surface area contributed by atoms with Crippen molar-refractivity contribution in [1.29, 1.82) is 0 Å². The van der Waals surface area contributed by atoms with Crippen molar-refractivity contribution in [3.8, 4) is 0 Å². The fraction of sp³-hybridized carbons (Fsp3) is 0.500. The van der Waals surface area contributed by atoms with Crippen molar-refractivity contribution in [3.63, 3.8) is 0 Å². The standard InChI is InChI=1S/C18H24N2O/c1-19-13-11-17(12-14-19)20(16-8-9-16)18(21)10-7-15-5-3-2-4-6-15/h2-7,10,16-17H,8-9,11-14H2,1H3. The fourth-order valence-corrected chi connectivity index (χ4v) is 3.10. The molecule has 0 bridgehead atoms. The van der Waals surface area contributed by atoms with E-state index in [0.29, 0.717) is 12.1 Å². The highest BCUT2D eigenvalue weighted by Crippen LogP contribution is 2.32. The number of rotatable bonds is 4. The van der Waals surface area contributed by atoms with E-state index in [1.165, 1.54) is 12.8 Å². The summed E-state index contributed by atoms with van der Waals surface area (Å²) in [5.41, 5.74) is 1.09. The van der Waals surface area contributed by atoms with Gasteiger partial charge in [0.05, 0.1) is 0 Å². The van der Waals surface area contributed by atoms with Crippen molar-refractivity contribution in [2.45, 2.75) is 37.8 Å². The first-order valence-corrected chi connectivity index (χ1v) is 7.98. The van der Waals surface area contributed by atoms with Gasteiger partial charge in [0.15, 0.2) is 0 Å². The van der Waals surface area contributed by atoms with Crippen LogP contribution in [0, 0.1) is 0 Å². The molecule has 1 aliphatic heterocycles. The molecule has 0 radical (unpaired) electrons. The number of likely N-dealkylation sites (tertiary alicyclic amines) is 1. The Hall–Kier alpha value is -1.61. The lowest BCUT2D eigenvalue weighted by atomic mass is 10.0. The van der Waals surface area contributed by atoms with Crippen LogP contribution < -0.4 is 0 Å². The first kappa shape index (κ1) is 14.3. The van der Waals surface area contributed by atoms with Gasteiger partial charge in [0.25, 0.3) is 0 Å². The summed E-state index contributed by atoms with van der Waals surface area (Å²) < 4.78 is 0. The molecule has 0 aromatic heterocycles. The first-order valence-electron chi connectivity index (χ1n) is 7.98. The van der Waals surface area contributed by atoms with Gasteiger partial charge in [0.2, 0.25) is 5.91 Å². The van der Waals surface area contributed by atoms with E-state index in [0.717, 1.165) is 31.5 Å². The summed E-state index contributed by atoms with van der Waals surface area (Å²) in [6, 6.07) is 11.0. The Balaban J connectivity index is 1.66. The van der Waals surface area contributed by atoms with Gasteiger partial charge in [-0.25, -0.2) is 0 Å². The highest BCUT2D eigenvalue weighted by molar-refractivity contribution is 5.92. The molecule has 0 unspecified atom stereocenters. The van der Waals surface area contributed by atoms with Crippen molar-refractivity contribution in [3.05, 3.63) is 42.0 Å². The Morgan fingerprint density at radius 1 is 1.10 bits per heavy atom. The molecule has 1 saturated heterocycles. The molecule has 3 heteroatoms. The smallest absolute Gasteiger partial charge is 0.247 e. The molecule has 1 aliphatic carbocycles. The number of hydrogen-bond donors (Lipinski definition) is 0. The van der Waals surface area contributed by atoms with Gasteiger partial charge in [0.1, 0.15) is 0 Å². The Kier molecular flexibility index (Phi) is 4.39. The molecule has 1 aromatic carbocycles. The van der Waals surface area contributed by atoms with E-state index in [9.17, 15) is 4.79 Å². The van der Waals surface area contributed by atoms with Crippen LogP contribution in [0.15, 0.2) is 36.4 Å². The number of carbonyl (C=O) groups is 1. The second kappa shape index (κ2) is 6.44. The maximum absolute atomic E-state index is 12.6. The predicted molar refractivity (Wildman–Crippen MR) is 85.9 cm³/mol. The van der Waals surface area contributed by atoms with E-state index in [1.54, 1.807) is 6.08 Å². The summed E-state index contributed by atoms with van der Waals surface area (Å²) in [5, 5.41) is 0. The predicted octanol–water partition coefficient (Wildman–Crippen LogP) is 2.79. The molecule has 2 aliphatic rings. The summed E-state index contributed by atoms with van der Waals surface area (Å²) in [6.07, 6.45) is 8.27. The molecule has 1 saturated carbocycles. The lowest BCUT2D eigenvalue weighted by Crippen LogP contribution is -2.47. The summed E-state index contributed by atoms with van der Waals surface area (Å²) in [5.74, 6) is 0.191. The molecule has 21 heavy (non-hydrogen) atoms. The highest BCUT2D eigenvalue weighted by atomic mass is 16.2. The average molecular weight is 284 g/mol. The van der Waals surface area contributed by atoms with E-state index in [1.807, 2.05) is 36.4 Å². The summed E-state index contributed by atoms with van der Waals surface area (Å²) in [4.78, 5) is 17.1. The lowest BCUT2D eigenvalue weighted by molar-refractivity contribution is -0.129. The second-order valence-corrected chi connectivity index (χ2v) is 6.26. The molecular formula is C18H24N2O. The van der Waals surface area contributed by atoms with Crippen LogP contribution in [0.5, 0.6) is 0 Å². The van der Waals surface area contributed by atoms with Gasteiger partial charge in [0, 0.05) is 18.2 Å². The zero-order valence-corrected chi connectivity index (χ0v) is 12.7. The van der Waals surface area contributed by atoms with E-state index < -0.39 is 0 Å². The van der Waals surface area contributed by atoms with Crippen LogP contribution in [0.1, 0.15) is 31.2 Å². The Morgan fingerprint density at radius 3 is 2.33 bits per heavy atom. The SMILES string of the molecule is CN1CCC(N(C(=O)C=Cc2ccccc2)C2CC2)CC1. The van der Waals surface area contributed by atoms with E-state index >= 15 is 0 Å². The Morgan fingerprint density at radius 2 is 1.71 bits per heavy atom. The number of piperidine rings is 1. The second-order valence-electron chi connectivity index (χ2n) is 6.26. The summed E-state index contributed by atoms with van der Waals surface area (Å²) in [7, 11) is 2.16. The van der Waals surface area contributed by atoms with Crippen LogP contribution in [-0.2, 0) is 4.79 Å². The molecular weight excluding hydrogens is 260 g/mol. The van der Waals surface area contributed by atoms with Crippen LogP contribution in [0.25, 0.3) is 6.08 Å². The van der Waals surface area contributed by atoms with Crippen molar-refractivity contribution in [2.24, 2.45) is 0 Å². The number of benzene rings is 1. The zero-order chi connectivity index (χ0) is 14.7. The molecule has 2 fully saturated rings. The van der Waals surface area contributed by atoms with Gasteiger partial charge < -0.3 is 9.80 Å². The average Bonchev–Trinajstić information content (AvgIpc) is 3.33. The monoisotopic (exact) mass is 284 g/mol. The van der Waals surface area contributed by atoms with Crippen LogP contribution in [-0.4, -0.2) is 47.9 Å². The molecule has 112 valence electrons. The Bertz CT molecular complexity index is 499. The third kappa shape index (κ3) is 3.73. The number of carbonyl (C=O) groups excluding carboxylic acids is 1. The minimum Gasteiger partial charge on any atom is -0.333 e. The van der Waals surface area contributed by atoms with Gasteiger partial charge in [-0.2, -0.15) is 0 Å². The first-order chi connectivity index (χ1) is 10.2. The molecule has 0 atom stereocenters. The van der Waals surface area contributed by atoms with Crippen LogP contribution in [0.2, 0.25) is 0 Å². The van der Waals surface area contributed by atoms with E-state index in [4.69, 9.17) is 0 Å². The minimum absolute atomic E-state index is 0.191. The van der Waals surface area contributed by atoms with Gasteiger partial charge in [-0.1, -0.05) is 30.3 Å². The van der Waals surface area contributed by atoms with Crippen LogP contribution >= 0.6 is 0 Å². The number of nitrogens with zero attached hydrogens (tertiary/aromatic N) is 2. The van der Waals surface area contributed by atoms with Crippen molar-refractivity contribution < 1.29 is 4.79 Å². The van der Waals surface area contributed by atoms with Crippen LogP contribution in [0.4, 0.5) is 0 Å². The lowest BCUT2D eigenvalue weighted by Gasteiger charge is -2.37. The molecule has 0 spiro atoms. The molecule has 1 amide bonds. The molecule has 1 heterocycles. The number of amides is 1. The number of hydrogen-bond acceptors (Lipinski definition) is 2. The van der Waals surface area contributed by atoms with Gasteiger partial charge in [-0.3, -0.25) is 4.79 Å². The maximum atomic E-state index is 12.6. The molecule has 1 aromatic rings. The van der Waals surface area contributed by atoms with Crippen molar-refractivity contribution in [1.82, 2.24) is 9.80 Å². The van der Waals surface area contributed by atoms with Crippen molar-refractivity contribution in [2.75, 3.05) is 20.1 Å². The van der Waals surface area contributed by atoms with Crippen molar-refractivity contribution >= 4 is 12.0 Å². The van der Waals surface area contributed by atoms with Gasteiger partial charge in [-0.05, 0) is 57.5 Å². The Labute approximate surface area is 127 Å². The maximum Gasteiger partial charge on any atom is 0.247 e. The van der Waals surface area contributed by atoms with E-state index in [2.05, 4.69) is 16.8 Å². The van der Waals surface area contributed by atoms with Gasteiger partial charge >= 0.3 is 0 Å². The normalized spacial score (nSPS) is 20.8. The van der Waals surface area contributed by atoms with Gasteiger partial charge in [-0.15, -0.1) is 0 Å². The third-order valence-electron chi connectivity index (χ3n) is 4.49.